The molecule has 1 aliphatic rings. The predicted octanol–water partition coefficient (Wildman–Crippen LogP) is 18.3. The lowest BCUT2D eigenvalue weighted by atomic mass is 9.78. The van der Waals surface area contributed by atoms with Gasteiger partial charge in [0.25, 0.3) is 0 Å². The average molecular weight is 835 g/mol. The van der Waals surface area contributed by atoms with E-state index in [-0.39, 0.29) is 5.41 Å². The van der Waals surface area contributed by atoms with Crippen LogP contribution in [-0.4, -0.2) is 0 Å². The molecule has 0 amide bonds. The van der Waals surface area contributed by atoms with Gasteiger partial charge in [0.1, 0.15) is 0 Å². The third kappa shape index (κ3) is 4.91. The third-order valence-electron chi connectivity index (χ3n) is 14.2. The molecule has 13 aromatic rings. The quantitative estimate of drug-likeness (QED) is 0.156. The summed E-state index contributed by atoms with van der Waals surface area (Å²) in [5, 5.41) is 15.8. The molecule has 2 heteroatoms. The first-order chi connectivity index (χ1) is 31.0. The van der Waals surface area contributed by atoms with E-state index < -0.39 is 0 Å². The van der Waals surface area contributed by atoms with Crippen molar-refractivity contribution in [2.24, 2.45) is 0 Å². The molecule has 0 atom stereocenters. The molecular weight excluding hydrogens is 797 g/mol. The molecule has 0 unspecified atom stereocenters. The van der Waals surface area contributed by atoms with E-state index >= 15 is 0 Å². The normalized spacial score (nSPS) is 13.4. The van der Waals surface area contributed by atoms with Gasteiger partial charge in [0.15, 0.2) is 0 Å². The predicted molar refractivity (Wildman–Crippen MR) is 276 cm³/mol. The fourth-order valence-electron chi connectivity index (χ4n) is 11.5. The highest BCUT2D eigenvalue weighted by molar-refractivity contribution is 7.28. The molecule has 14 rings (SSSR count). The lowest BCUT2D eigenvalue weighted by Gasteiger charge is -2.25. The summed E-state index contributed by atoms with van der Waals surface area (Å²) in [4.78, 5) is 0. The highest BCUT2D eigenvalue weighted by Crippen LogP contribution is 2.56. The van der Waals surface area contributed by atoms with Crippen LogP contribution in [0, 0.1) is 0 Å². The van der Waals surface area contributed by atoms with Crippen LogP contribution in [0.3, 0.4) is 0 Å². The molecule has 2 heterocycles. The van der Waals surface area contributed by atoms with Gasteiger partial charge in [-0.25, -0.2) is 0 Å². The fraction of sp³-hybridized carbons (Fsp3) is 0.0492. The molecule has 0 aliphatic heterocycles. The Hall–Kier alpha value is -7.10. The Morgan fingerprint density at radius 1 is 0.317 bits per heavy atom. The first-order valence-corrected chi connectivity index (χ1v) is 23.5. The van der Waals surface area contributed by atoms with E-state index in [0.29, 0.717) is 0 Å². The van der Waals surface area contributed by atoms with E-state index in [4.69, 9.17) is 0 Å². The van der Waals surface area contributed by atoms with Gasteiger partial charge in [-0.1, -0.05) is 172 Å². The summed E-state index contributed by atoms with van der Waals surface area (Å²) >= 11 is 3.84. The summed E-state index contributed by atoms with van der Waals surface area (Å²) in [5.41, 5.74) is 13.0. The van der Waals surface area contributed by atoms with Gasteiger partial charge in [-0.05, 0) is 135 Å². The Kier molecular flexibility index (Phi) is 7.31. The number of hydrogen-bond donors (Lipinski definition) is 0. The van der Waals surface area contributed by atoms with Crippen molar-refractivity contribution >= 4 is 106 Å². The Morgan fingerprint density at radius 3 is 1.56 bits per heavy atom. The zero-order chi connectivity index (χ0) is 41.6. The molecule has 1 aliphatic carbocycles. The maximum atomic E-state index is 2.51. The van der Waals surface area contributed by atoms with Crippen LogP contribution >= 0.6 is 22.7 Å². The fourth-order valence-corrected chi connectivity index (χ4v) is 13.8. The monoisotopic (exact) mass is 834 g/mol. The minimum atomic E-state index is -0.207. The van der Waals surface area contributed by atoms with Crippen molar-refractivity contribution in [3.8, 4) is 44.5 Å². The van der Waals surface area contributed by atoms with Crippen molar-refractivity contribution in [2.75, 3.05) is 0 Å². The summed E-state index contributed by atoms with van der Waals surface area (Å²) in [6.07, 6.45) is 0. The number of hydrogen-bond acceptors (Lipinski definition) is 2. The highest BCUT2D eigenvalue weighted by atomic mass is 32.1. The van der Waals surface area contributed by atoms with Crippen LogP contribution in [0.15, 0.2) is 194 Å². The van der Waals surface area contributed by atoms with Gasteiger partial charge in [0, 0.05) is 45.8 Å². The summed E-state index contributed by atoms with van der Waals surface area (Å²) in [7, 11) is 0. The molecule has 0 bridgehead atoms. The molecule has 0 N–H and O–H groups in total. The second-order valence-corrected chi connectivity index (χ2v) is 20.0. The molecular formula is C61H38S2. The molecule has 63 heavy (non-hydrogen) atoms. The number of fused-ring (bicyclic) bond motifs is 15. The lowest BCUT2D eigenvalue weighted by molar-refractivity contribution is 0.662. The van der Waals surface area contributed by atoms with Crippen molar-refractivity contribution in [1.29, 1.82) is 0 Å². The van der Waals surface area contributed by atoms with Crippen LogP contribution in [0.4, 0.5) is 0 Å². The number of thiophene rings is 2. The molecule has 294 valence electrons. The van der Waals surface area contributed by atoms with Crippen molar-refractivity contribution in [2.45, 2.75) is 19.3 Å². The first-order valence-electron chi connectivity index (χ1n) is 21.9. The van der Waals surface area contributed by atoms with Gasteiger partial charge in [0.2, 0.25) is 0 Å². The van der Waals surface area contributed by atoms with E-state index in [1.807, 2.05) is 22.7 Å². The second-order valence-electron chi connectivity index (χ2n) is 17.9. The van der Waals surface area contributed by atoms with Crippen molar-refractivity contribution in [3.63, 3.8) is 0 Å². The van der Waals surface area contributed by atoms with E-state index in [2.05, 4.69) is 208 Å². The van der Waals surface area contributed by atoms with Crippen molar-refractivity contribution < 1.29 is 0 Å². The van der Waals surface area contributed by atoms with Crippen molar-refractivity contribution in [3.05, 3.63) is 205 Å². The average Bonchev–Trinajstić information content (AvgIpc) is 3.97. The molecule has 2 aromatic heterocycles. The van der Waals surface area contributed by atoms with Gasteiger partial charge >= 0.3 is 0 Å². The Balaban J connectivity index is 0.986. The Labute approximate surface area is 372 Å². The minimum absolute atomic E-state index is 0.207. The third-order valence-corrected chi connectivity index (χ3v) is 16.4. The van der Waals surface area contributed by atoms with Crippen molar-refractivity contribution in [1.82, 2.24) is 0 Å². The molecule has 0 saturated heterocycles. The lowest BCUT2D eigenvalue weighted by Crippen LogP contribution is -2.16. The zero-order valence-electron chi connectivity index (χ0n) is 34.8. The van der Waals surface area contributed by atoms with Gasteiger partial charge < -0.3 is 0 Å². The largest absolute Gasteiger partial charge is 0.135 e. The van der Waals surface area contributed by atoms with Crippen LogP contribution in [-0.2, 0) is 5.41 Å². The van der Waals surface area contributed by atoms with E-state index in [1.165, 1.54) is 139 Å². The maximum absolute atomic E-state index is 2.51. The van der Waals surface area contributed by atoms with Crippen LogP contribution in [0.2, 0.25) is 0 Å². The van der Waals surface area contributed by atoms with E-state index in [9.17, 15) is 0 Å². The zero-order valence-corrected chi connectivity index (χ0v) is 36.4. The second kappa shape index (κ2) is 13.0. The SMILES string of the molecule is CC1(C)c2ccc(-c3c4ccccc4c(-c4ccc5ccccc5c4)c4ccccc34)cc2-c2cccc(-c3cc4sc5ccc6sc7ccccc7c6c5c4c4ccccc34)c21. The topological polar surface area (TPSA) is 0 Å². The van der Waals surface area contributed by atoms with Crippen LogP contribution in [0.5, 0.6) is 0 Å². The summed E-state index contributed by atoms with van der Waals surface area (Å²) in [6.45, 7) is 4.87. The maximum Gasteiger partial charge on any atom is 0.0368 e. The van der Waals surface area contributed by atoms with E-state index in [0.717, 1.165) is 0 Å². The Morgan fingerprint density at radius 2 is 0.841 bits per heavy atom. The number of benzene rings is 11. The smallest absolute Gasteiger partial charge is 0.0368 e. The molecule has 11 aromatic carbocycles. The van der Waals surface area contributed by atoms with Gasteiger partial charge in [-0.3, -0.25) is 0 Å². The van der Waals surface area contributed by atoms with Gasteiger partial charge in [0.05, 0.1) is 0 Å². The van der Waals surface area contributed by atoms with Gasteiger partial charge in [-0.15, -0.1) is 22.7 Å². The molecule has 0 radical (unpaired) electrons. The first kappa shape index (κ1) is 35.5. The molecule has 0 nitrogen and oxygen atoms in total. The van der Waals surface area contributed by atoms with Gasteiger partial charge in [-0.2, -0.15) is 0 Å². The Bertz CT molecular complexity index is 4060. The summed E-state index contributed by atoms with van der Waals surface area (Å²) < 4.78 is 5.41. The van der Waals surface area contributed by atoms with E-state index in [1.54, 1.807) is 0 Å². The molecule has 0 saturated carbocycles. The summed E-state index contributed by atoms with van der Waals surface area (Å²) in [5.74, 6) is 0. The standard InChI is InChI=1S/C61H38S2/c1-61(2)50-29-28-38(56-43-20-9-7-18-41(43)55(42-19-8-10-21-44(42)56)37-27-26-35-14-3-4-15-36(35)32-37)33-49(50)46-24-13-23-45(60(46)61)48-34-54-57(40-17-6-5-16-39(40)48)59-53(63-54)31-30-52-58(59)47-22-11-12-25-51(47)62-52/h3-34H,1-2H3. The van der Waals surface area contributed by atoms with Crippen LogP contribution in [0.1, 0.15) is 25.0 Å². The minimum Gasteiger partial charge on any atom is -0.135 e. The van der Waals surface area contributed by atoms with Crippen LogP contribution < -0.4 is 0 Å². The molecule has 0 spiro atoms. The molecule has 0 fully saturated rings. The highest BCUT2D eigenvalue weighted by Gasteiger charge is 2.38. The van der Waals surface area contributed by atoms with Crippen LogP contribution in [0.25, 0.3) is 128 Å². The number of rotatable bonds is 3. The summed E-state index contributed by atoms with van der Waals surface area (Å²) in [6, 6.07) is 73.3.